The molecule has 0 aliphatic carbocycles. The number of hydrogen-bond acceptors (Lipinski definition) is 6. The van der Waals surface area contributed by atoms with E-state index in [4.69, 9.17) is 17.0 Å². The summed E-state index contributed by atoms with van der Waals surface area (Å²) in [5.41, 5.74) is -0.314. The molecule has 0 aliphatic rings. The topological polar surface area (TPSA) is 75.1 Å². The SMILES string of the molecule is COC(=O)/C(=C/Nc1cnc(C(F)(F)F)s1)C(=N)Cl. The normalized spacial score (nSPS) is 12.2. The van der Waals surface area contributed by atoms with Crippen molar-refractivity contribution < 1.29 is 22.7 Å². The lowest BCUT2D eigenvalue weighted by molar-refractivity contribution is -0.137. The molecule has 0 spiro atoms. The smallest absolute Gasteiger partial charge is 0.443 e. The minimum Gasteiger partial charge on any atom is -0.465 e. The number of rotatable bonds is 4. The van der Waals surface area contributed by atoms with Crippen LogP contribution >= 0.6 is 22.9 Å². The van der Waals surface area contributed by atoms with E-state index < -0.39 is 22.3 Å². The Morgan fingerprint density at radius 3 is 2.68 bits per heavy atom. The van der Waals surface area contributed by atoms with Gasteiger partial charge in [0.15, 0.2) is 5.01 Å². The summed E-state index contributed by atoms with van der Waals surface area (Å²) in [5, 5.41) is 7.95. The highest BCUT2D eigenvalue weighted by molar-refractivity contribution is 7.15. The maximum atomic E-state index is 12.3. The predicted molar refractivity (Wildman–Crippen MR) is 64.4 cm³/mol. The highest BCUT2D eigenvalue weighted by Gasteiger charge is 2.34. The average Bonchev–Trinajstić information content (AvgIpc) is 2.76. The van der Waals surface area contributed by atoms with Crippen LogP contribution in [0, 0.1) is 5.41 Å². The molecule has 0 unspecified atom stereocenters. The summed E-state index contributed by atoms with van der Waals surface area (Å²) in [6, 6.07) is 0. The van der Waals surface area contributed by atoms with Gasteiger partial charge in [0.25, 0.3) is 0 Å². The third-order valence-electron chi connectivity index (χ3n) is 1.75. The van der Waals surface area contributed by atoms with Crippen LogP contribution in [0.25, 0.3) is 0 Å². The van der Waals surface area contributed by atoms with Gasteiger partial charge in [-0.1, -0.05) is 22.9 Å². The molecular weight excluding hydrogens is 307 g/mol. The van der Waals surface area contributed by atoms with Gasteiger partial charge in [-0.3, -0.25) is 5.41 Å². The zero-order valence-electron chi connectivity index (χ0n) is 9.34. The van der Waals surface area contributed by atoms with Gasteiger partial charge in [0.05, 0.1) is 13.3 Å². The van der Waals surface area contributed by atoms with E-state index in [2.05, 4.69) is 15.0 Å². The van der Waals surface area contributed by atoms with Crippen molar-refractivity contribution in [1.82, 2.24) is 4.98 Å². The minimum absolute atomic E-state index is 0.0478. The van der Waals surface area contributed by atoms with E-state index in [0.717, 1.165) is 19.5 Å². The van der Waals surface area contributed by atoms with E-state index in [1.165, 1.54) is 0 Å². The van der Waals surface area contributed by atoms with Gasteiger partial charge in [0, 0.05) is 6.20 Å². The fraction of sp³-hybridized carbons (Fsp3) is 0.222. The van der Waals surface area contributed by atoms with Crippen LogP contribution in [0.15, 0.2) is 18.0 Å². The van der Waals surface area contributed by atoms with Crippen LogP contribution in [0.3, 0.4) is 0 Å². The van der Waals surface area contributed by atoms with E-state index in [0.29, 0.717) is 11.3 Å². The molecular formula is C9H7ClF3N3O2S. The molecule has 5 nitrogen and oxygen atoms in total. The molecule has 2 N–H and O–H groups in total. The van der Waals surface area contributed by atoms with Crippen LogP contribution in [-0.4, -0.2) is 23.2 Å². The fourth-order valence-corrected chi connectivity index (χ4v) is 1.72. The summed E-state index contributed by atoms with van der Waals surface area (Å²) in [6.45, 7) is 0. The summed E-state index contributed by atoms with van der Waals surface area (Å²) in [6.07, 6.45) is -2.59. The molecule has 0 aliphatic heterocycles. The molecule has 10 heteroatoms. The molecule has 1 heterocycles. The quantitative estimate of drug-likeness (QED) is 0.509. The Balaban J connectivity index is 2.87. The maximum absolute atomic E-state index is 12.3. The van der Waals surface area contributed by atoms with Crippen molar-refractivity contribution >= 4 is 39.1 Å². The molecule has 0 fully saturated rings. The Hall–Kier alpha value is -1.61. The van der Waals surface area contributed by atoms with E-state index in [1.807, 2.05) is 0 Å². The van der Waals surface area contributed by atoms with E-state index >= 15 is 0 Å². The second-order valence-corrected chi connectivity index (χ2v) is 4.44. The van der Waals surface area contributed by atoms with Gasteiger partial charge < -0.3 is 10.1 Å². The lowest BCUT2D eigenvalue weighted by atomic mass is 10.3. The second-order valence-electron chi connectivity index (χ2n) is 3.04. The van der Waals surface area contributed by atoms with E-state index in [-0.39, 0.29) is 10.6 Å². The Bertz CT molecular complexity index is 527. The standard InChI is InChI=1S/C9H7ClF3N3O2S/c1-18-7(17)4(6(10)14)2-15-5-3-16-8(19-5)9(11,12)13/h2-3,14-15H,1H3/b4-2+,14-6?. The number of aromatic nitrogens is 1. The molecule has 0 saturated heterocycles. The van der Waals surface area contributed by atoms with Gasteiger partial charge in [0.1, 0.15) is 15.7 Å². The van der Waals surface area contributed by atoms with Crippen molar-refractivity contribution in [3.8, 4) is 0 Å². The first-order valence-electron chi connectivity index (χ1n) is 4.58. The molecule has 0 bridgehead atoms. The number of nitrogens with one attached hydrogen (secondary N) is 2. The molecule has 0 radical (unpaired) electrons. The highest BCUT2D eigenvalue weighted by Crippen LogP contribution is 2.34. The number of methoxy groups -OCH3 is 1. The summed E-state index contributed by atoms with van der Waals surface area (Å²) >= 11 is 5.70. The number of alkyl halides is 3. The number of thiazole rings is 1. The number of hydrogen-bond donors (Lipinski definition) is 2. The van der Waals surface area contributed by atoms with Crippen LogP contribution in [0.4, 0.5) is 18.2 Å². The maximum Gasteiger partial charge on any atom is 0.443 e. The molecule has 0 aromatic carbocycles. The first-order chi connectivity index (χ1) is 8.75. The number of ether oxygens (including phenoxy) is 1. The fourth-order valence-electron chi connectivity index (χ4n) is 0.937. The summed E-state index contributed by atoms with van der Waals surface area (Å²) in [7, 11) is 1.09. The number of nitrogens with zero attached hydrogens (tertiary/aromatic N) is 1. The van der Waals surface area contributed by atoms with Crippen molar-refractivity contribution in [2.45, 2.75) is 6.18 Å². The first-order valence-corrected chi connectivity index (χ1v) is 5.77. The Morgan fingerprint density at radius 1 is 1.63 bits per heavy atom. The first kappa shape index (κ1) is 15.4. The molecule has 0 saturated carbocycles. The molecule has 19 heavy (non-hydrogen) atoms. The molecule has 0 atom stereocenters. The van der Waals surface area contributed by atoms with Crippen LogP contribution in [0.2, 0.25) is 0 Å². The molecule has 1 rings (SSSR count). The van der Waals surface area contributed by atoms with Gasteiger partial charge in [0.2, 0.25) is 0 Å². The number of carbonyl (C=O) groups is 1. The van der Waals surface area contributed by atoms with Gasteiger partial charge in [-0.05, 0) is 0 Å². The van der Waals surface area contributed by atoms with Crippen LogP contribution in [0.5, 0.6) is 0 Å². The lowest BCUT2D eigenvalue weighted by Gasteiger charge is -2.02. The van der Waals surface area contributed by atoms with Crippen molar-refractivity contribution in [2.75, 3.05) is 12.4 Å². The Morgan fingerprint density at radius 2 is 2.26 bits per heavy atom. The van der Waals surface area contributed by atoms with Crippen LogP contribution in [-0.2, 0) is 15.7 Å². The molecule has 1 aromatic rings. The van der Waals surface area contributed by atoms with E-state index in [9.17, 15) is 18.0 Å². The number of anilines is 1. The monoisotopic (exact) mass is 313 g/mol. The summed E-state index contributed by atoms with van der Waals surface area (Å²) in [5.74, 6) is -0.881. The second kappa shape index (κ2) is 6.02. The van der Waals surface area contributed by atoms with Crippen LogP contribution < -0.4 is 5.32 Å². The highest BCUT2D eigenvalue weighted by atomic mass is 35.5. The zero-order valence-corrected chi connectivity index (χ0v) is 10.9. The van der Waals surface area contributed by atoms with Gasteiger partial charge >= 0.3 is 12.1 Å². The molecule has 104 valence electrons. The van der Waals surface area contributed by atoms with Gasteiger partial charge in [-0.2, -0.15) is 13.2 Å². The third-order valence-corrected chi connectivity index (χ3v) is 2.93. The Labute approximate surface area is 114 Å². The van der Waals surface area contributed by atoms with Crippen LogP contribution in [0.1, 0.15) is 5.01 Å². The largest absolute Gasteiger partial charge is 0.465 e. The van der Waals surface area contributed by atoms with Crippen molar-refractivity contribution in [1.29, 1.82) is 5.41 Å². The van der Waals surface area contributed by atoms with Crippen molar-refractivity contribution in [3.63, 3.8) is 0 Å². The Kier molecular flexibility index (Phi) is 4.90. The zero-order chi connectivity index (χ0) is 14.6. The number of carbonyl (C=O) groups excluding carboxylic acids is 1. The van der Waals surface area contributed by atoms with Gasteiger partial charge in [-0.15, -0.1) is 0 Å². The van der Waals surface area contributed by atoms with Crippen molar-refractivity contribution in [3.05, 3.63) is 23.0 Å². The number of esters is 1. The van der Waals surface area contributed by atoms with Gasteiger partial charge in [-0.25, -0.2) is 9.78 Å². The average molecular weight is 314 g/mol. The lowest BCUT2D eigenvalue weighted by Crippen LogP contribution is -2.11. The van der Waals surface area contributed by atoms with E-state index in [1.54, 1.807) is 0 Å². The third kappa shape index (κ3) is 4.21. The summed E-state index contributed by atoms with van der Waals surface area (Å²) < 4.78 is 41.2. The minimum atomic E-state index is -4.53. The predicted octanol–water partition coefficient (Wildman–Crippen LogP) is 2.85. The molecule has 1 aromatic heterocycles. The van der Waals surface area contributed by atoms with Crippen molar-refractivity contribution in [2.24, 2.45) is 0 Å². The summed E-state index contributed by atoms with van der Waals surface area (Å²) in [4.78, 5) is 14.4. The number of halogens is 4. The molecule has 0 amide bonds.